The monoisotopic (exact) mass is 252 g/mol. The molecule has 0 radical (unpaired) electrons. The van der Waals surface area contributed by atoms with Gasteiger partial charge in [-0.2, -0.15) is 0 Å². The van der Waals surface area contributed by atoms with Crippen molar-refractivity contribution in [1.29, 1.82) is 0 Å². The maximum absolute atomic E-state index is 4.58. The summed E-state index contributed by atoms with van der Waals surface area (Å²) < 4.78 is 0. The van der Waals surface area contributed by atoms with Crippen LogP contribution in [0.4, 0.5) is 0 Å². The Morgan fingerprint density at radius 2 is 2.00 bits per heavy atom. The average molecular weight is 252 g/mol. The lowest BCUT2D eigenvalue weighted by Crippen LogP contribution is -2.18. The summed E-state index contributed by atoms with van der Waals surface area (Å²) in [5.41, 5.74) is 3.32. The lowest BCUT2D eigenvalue weighted by molar-refractivity contribution is 0.311. The molecule has 0 bridgehead atoms. The van der Waals surface area contributed by atoms with Crippen LogP contribution in [0.3, 0.4) is 0 Å². The summed E-state index contributed by atoms with van der Waals surface area (Å²) in [7, 11) is 2.08. The van der Waals surface area contributed by atoms with Gasteiger partial charge in [-0.25, -0.2) is 4.98 Å². The van der Waals surface area contributed by atoms with Crippen LogP contribution in [0.15, 0.2) is 48.8 Å². The SMILES string of the molecule is CN(Cc1cccnc1)Cc1nc2ccccc2[nH]1. The summed E-state index contributed by atoms with van der Waals surface area (Å²) in [6.07, 6.45) is 3.69. The van der Waals surface area contributed by atoms with Crippen molar-refractivity contribution in [2.75, 3.05) is 7.05 Å². The predicted molar refractivity (Wildman–Crippen MR) is 75.5 cm³/mol. The Balaban J connectivity index is 1.70. The molecule has 0 aliphatic rings. The standard InChI is InChI=1S/C15H16N4/c1-19(10-12-5-4-8-16-9-12)11-15-17-13-6-2-3-7-14(13)18-15/h2-9H,10-11H2,1H3,(H,17,18). The molecular formula is C15H16N4. The number of hydrogen-bond donors (Lipinski definition) is 1. The summed E-state index contributed by atoms with van der Waals surface area (Å²) in [6.45, 7) is 1.66. The fourth-order valence-corrected chi connectivity index (χ4v) is 2.20. The van der Waals surface area contributed by atoms with Gasteiger partial charge < -0.3 is 4.98 Å². The second-order valence-electron chi connectivity index (χ2n) is 4.73. The highest BCUT2D eigenvalue weighted by molar-refractivity contribution is 5.74. The molecule has 0 saturated carbocycles. The molecule has 0 unspecified atom stereocenters. The van der Waals surface area contributed by atoms with Gasteiger partial charge in [0.15, 0.2) is 0 Å². The number of aromatic nitrogens is 3. The highest BCUT2D eigenvalue weighted by atomic mass is 15.1. The molecule has 4 heteroatoms. The number of nitrogens with one attached hydrogen (secondary N) is 1. The molecular weight excluding hydrogens is 236 g/mol. The maximum atomic E-state index is 4.58. The van der Waals surface area contributed by atoms with Crippen molar-refractivity contribution in [3.8, 4) is 0 Å². The highest BCUT2D eigenvalue weighted by Crippen LogP contribution is 2.12. The number of para-hydroxylation sites is 2. The molecule has 4 nitrogen and oxygen atoms in total. The number of nitrogens with zero attached hydrogens (tertiary/aromatic N) is 3. The Bertz CT molecular complexity index is 627. The van der Waals surface area contributed by atoms with Gasteiger partial charge in [0.2, 0.25) is 0 Å². The Kier molecular flexibility index (Phi) is 3.25. The van der Waals surface area contributed by atoms with Gasteiger partial charge >= 0.3 is 0 Å². The van der Waals surface area contributed by atoms with Gasteiger partial charge in [-0.3, -0.25) is 9.88 Å². The average Bonchev–Trinajstić information content (AvgIpc) is 2.81. The van der Waals surface area contributed by atoms with E-state index in [1.165, 1.54) is 5.56 Å². The van der Waals surface area contributed by atoms with Gasteiger partial charge in [0.25, 0.3) is 0 Å². The van der Waals surface area contributed by atoms with Crippen molar-refractivity contribution in [2.24, 2.45) is 0 Å². The van der Waals surface area contributed by atoms with Gasteiger partial charge in [0.1, 0.15) is 5.82 Å². The summed E-state index contributed by atoms with van der Waals surface area (Å²) in [6, 6.07) is 12.1. The topological polar surface area (TPSA) is 44.8 Å². The fraction of sp³-hybridized carbons (Fsp3) is 0.200. The predicted octanol–water partition coefficient (Wildman–Crippen LogP) is 2.59. The molecule has 0 aliphatic carbocycles. The molecule has 2 heterocycles. The van der Waals surface area contributed by atoms with E-state index in [-0.39, 0.29) is 0 Å². The molecule has 1 N–H and O–H groups in total. The third-order valence-corrected chi connectivity index (χ3v) is 3.03. The van der Waals surface area contributed by atoms with Crippen molar-refractivity contribution in [3.05, 3.63) is 60.2 Å². The van der Waals surface area contributed by atoms with E-state index < -0.39 is 0 Å². The zero-order valence-corrected chi connectivity index (χ0v) is 10.9. The molecule has 3 aromatic rings. The molecule has 0 spiro atoms. The van der Waals surface area contributed by atoms with E-state index >= 15 is 0 Å². The normalized spacial score (nSPS) is 11.3. The highest BCUT2D eigenvalue weighted by Gasteiger charge is 2.06. The molecule has 0 aliphatic heterocycles. The number of aromatic amines is 1. The van der Waals surface area contributed by atoms with Crippen LogP contribution in [0, 0.1) is 0 Å². The third-order valence-electron chi connectivity index (χ3n) is 3.03. The quantitative estimate of drug-likeness (QED) is 0.776. The van der Waals surface area contributed by atoms with Gasteiger partial charge in [0, 0.05) is 18.9 Å². The van der Waals surface area contributed by atoms with E-state index in [0.29, 0.717) is 0 Å². The van der Waals surface area contributed by atoms with Crippen LogP contribution in [0.1, 0.15) is 11.4 Å². The molecule has 1 aromatic carbocycles. The van der Waals surface area contributed by atoms with Crippen molar-refractivity contribution in [3.63, 3.8) is 0 Å². The number of fused-ring (bicyclic) bond motifs is 1. The smallest absolute Gasteiger partial charge is 0.121 e. The zero-order chi connectivity index (χ0) is 13.1. The Labute approximate surface area is 112 Å². The van der Waals surface area contributed by atoms with Crippen molar-refractivity contribution in [1.82, 2.24) is 19.9 Å². The third kappa shape index (κ3) is 2.80. The van der Waals surface area contributed by atoms with Crippen molar-refractivity contribution < 1.29 is 0 Å². The van der Waals surface area contributed by atoms with Crippen molar-refractivity contribution in [2.45, 2.75) is 13.1 Å². The first-order valence-electron chi connectivity index (χ1n) is 6.32. The van der Waals surface area contributed by atoms with Crippen LogP contribution in [0.5, 0.6) is 0 Å². The lowest BCUT2D eigenvalue weighted by Gasteiger charge is -2.14. The van der Waals surface area contributed by atoms with E-state index in [1.807, 2.05) is 36.5 Å². The second-order valence-corrected chi connectivity index (χ2v) is 4.73. The van der Waals surface area contributed by atoms with Gasteiger partial charge in [-0.1, -0.05) is 18.2 Å². The molecule has 19 heavy (non-hydrogen) atoms. The van der Waals surface area contributed by atoms with Gasteiger partial charge in [-0.15, -0.1) is 0 Å². The van der Waals surface area contributed by atoms with E-state index in [9.17, 15) is 0 Å². The first kappa shape index (κ1) is 11.9. The molecule has 0 saturated heterocycles. The van der Waals surface area contributed by atoms with Crippen molar-refractivity contribution >= 4 is 11.0 Å². The molecule has 3 rings (SSSR count). The Hall–Kier alpha value is -2.20. The van der Waals surface area contributed by atoms with Crippen LogP contribution >= 0.6 is 0 Å². The number of imidazole rings is 1. The molecule has 2 aromatic heterocycles. The van der Waals surface area contributed by atoms with Crippen LogP contribution in [-0.4, -0.2) is 26.9 Å². The van der Waals surface area contributed by atoms with E-state index in [4.69, 9.17) is 0 Å². The minimum absolute atomic E-state index is 0.795. The number of H-pyrrole nitrogens is 1. The van der Waals surface area contributed by atoms with Crippen LogP contribution in [0.25, 0.3) is 11.0 Å². The summed E-state index contributed by atoms with van der Waals surface area (Å²) in [5, 5.41) is 0. The van der Waals surface area contributed by atoms with E-state index in [0.717, 1.165) is 29.9 Å². The van der Waals surface area contributed by atoms with Crippen LogP contribution in [-0.2, 0) is 13.1 Å². The zero-order valence-electron chi connectivity index (χ0n) is 10.9. The molecule has 0 fully saturated rings. The van der Waals surface area contributed by atoms with E-state index in [2.05, 4.69) is 33.0 Å². The fourth-order valence-electron chi connectivity index (χ4n) is 2.20. The Morgan fingerprint density at radius 3 is 2.79 bits per heavy atom. The Morgan fingerprint density at radius 1 is 1.11 bits per heavy atom. The van der Waals surface area contributed by atoms with Crippen LogP contribution < -0.4 is 0 Å². The van der Waals surface area contributed by atoms with Crippen LogP contribution in [0.2, 0.25) is 0 Å². The lowest BCUT2D eigenvalue weighted by atomic mass is 10.3. The molecule has 96 valence electrons. The molecule has 0 amide bonds. The number of hydrogen-bond acceptors (Lipinski definition) is 3. The number of rotatable bonds is 4. The van der Waals surface area contributed by atoms with E-state index in [1.54, 1.807) is 6.20 Å². The molecule has 0 atom stereocenters. The summed E-state index contributed by atoms with van der Waals surface area (Å²) in [4.78, 5) is 14.3. The summed E-state index contributed by atoms with van der Waals surface area (Å²) >= 11 is 0. The first-order chi connectivity index (χ1) is 9.31. The maximum Gasteiger partial charge on any atom is 0.121 e. The summed E-state index contributed by atoms with van der Waals surface area (Å²) in [5.74, 6) is 0.993. The largest absolute Gasteiger partial charge is 0.341 e. The number of pyridine rings is 1. The van der Waals surface area contributed by atoms with Gasteiger partial charge in [0.05, 0.1) is 17.6 Å². The minimum atomic E-state index is 0.795. The number of benzene rings is 1. The second kappa shape index (κ2) is 5.20. The first-order valence-corrected chi connectivity index (χ1v) is 6.32. The van der Waals surface area contributed by atoms with Gasteiger partial charge in [-0.05, 0) is 30.8 Å². The minimum Gasteiger partial charge on any atom is -0.341 e.